The molecule has 1 amide bonds. The summed E-state index contributed by atoms with van der Waals surface area (Å²) in [7, 11) is 0. The quantitative estimate of drug-likeness (QED) is 0.583. The fourth-order valence-corrected chi connectivity index (χ4v) is 5.32. The molecule has 0 spiro atoms. The molecular weight excluding hydrogens is 358 g/mol. The Labute approximate surface area is 155 Å². The van der Waals surface area contributed by atoms with Gasteiger partial charge in [0.15, 0.2) is 8.29 Å². The van der Waals surface area contributed by atoms with Crippen LogP contribution in [-0.2, 0) is 4.79 Å². The molecule has 1 fully saturated rings. The first kappa shape index (κ1) is 17.6. The summed E-state index contributed by atoms with van der Waals surface area (Å²) < 4.78 is 3.31. The van der Waals surface area contributed by atoms with Gasteiger partial charge in [-0.1, -0.05) is 48.2 Å². The number of amides is 1. The molecule has 0 saturated carbocycles. The number of benzene rings is 1. The lowest BCUT2D eigenvalue weighted by atomic mass is 9.99. The van der Waals surface area contributed by atoms with Gasteiger partial charge in [-0.25, -0.2) is 4.68 Å². The zero-order valence-electron chi connectivity index (χ0n) is 13.8. The van der Waals surface area contributed by atoms with Crippen LogP contribution >= 0.6 is 35.3 Å². The average Bonchev–Trinajstić information content (AvgIpc) is 2.96. The van der Waals surface area contributed by atoms with E-state index in [2.05, 4.69) is 12.0 Å². The highest BCUT2D eigenvalue weighted by Crippen LogP contribution is 2.29. The molecule has 0 aliphatic carbocycles. The van der Waals surface area contributed by atoms with Crippen molar-refractivity contribution in [2.75, 3.05) is 13.1 Å². The van der Waals surface area contributed by atoms with Crippen LogP contribution in [0, 0.1) is 9.87 Å². The molecule has 1 unspecified atom stereocenters. The molecule has 0 N–H and O–H groups in total. The van der Waals surface area contributed by atoms with Crippen LogP contribution in [0.2, 0.25) is 0 Å². The molecule has 1 saturated heterocycles. The van der Waals surface area contributed by atoms with Gasteiger partial charge in [0.25, 0.3) is 0 Å². The predicted molar refractivity (Wildman–Crippen MR) is 103 cm³/mol. The van der Waals surface area contributed by atoms with Crippen molar-refractivity contribution in [3.05, 3.63) is 34.3 Å². The van der Waals surface area contributed by atoms with Crippen LogP contribution in [0.25, 0.3) is 5.69 Å². The topological polar surface area (TPSA) is 38.1 Å². The van der Waals surface area contributed by atoms with Gasteiger partial charge in [-0.2, -0.15) is 0 Å². The standard InChI is InChI=1S/C17H21N3OS3/c1-12-8-10-19(11-9-12)15(21)13(2)23-16-18-20(17(22)24-16)14-6-4-3-5-7-14/h3-7,12-13H,8-11H2,1-2H3. The molecule has 2 heterocycles. The number of likely N-dealkylation sites (tertiary alicyclic amines) is 1. The van der Waals surface area contributed by atoms with E-state index in [4.69, 9.17) is 12.2 Å². The fraction of sp³-hybridized carbons (Fsp3) is 0.471. The van der Waals surface area contributed by atoms with Gasteiger partial charge in [0, 0.05) is 13.1 Å². The number of hydrogen-bond acceptors (Lipinski definition) is 5. The zero-order chi connectivity index (χ0) is 17.1. The van der Waals surface area contributed by atoms with E-state index < -0.39 is 0 Å². The van der Waals surface area contributed by atoms with Crippen LogP contribution in [0.4, 0.5) is 0 Å². The normalized spacial score (nSPS) is 17.0. The summed E-state index contributed by atoms with van der Waals surface area (Å²) in [4.78, 5) is 14.6. The SMILES string of the molecule is CC1CCN(C(=O)C(C)Sc2nn(-c3ccccc3)c(=S)s2)CC1. The molecule has 1 aromatic heterocycles. The molecule has 24 heavy (non-hydrogen) atoms. The summed E-state index contributed by atoms with van der Waals surface area (Å²) in [6, 6.07) is 9.86. The number of aromatic nitrogens is 2. The third kappa shape index (κ3) is 4.07. The van der Waals surface area contributed by atoms with Crippen molar-refractivity contribution >= 4 is 41.2 Å². The van der Waals surface area contributed by atoms with E-state index in [0.717, 1.165) is 41.9 Å². The number of carbonyl (C=O) groups excluding carboxylic acids is 1. The third-order valence-electron chi connectivity index (χ3n) is 4.25. The Morgan fingerprint density at radius 3 is 2.67 bits per heavy atom. The third-order valence-corrected chi connectivity index (χ3v) is 6.65. The van der Waals surface area contributed by atoms with Crippen LogP contribution in [0.5, 0.6) is 0 Å². The van der Waals surface area contributed by atoms with Gasteiger partial charge in [-0.3, -0.25) is 4.79 Å². The van der Waals surface area contributed by atoms with E-state index in [1.807, 2.05) is 42.2 Å². The molecule has 1 aliphatic rings. The minimum Gasteiger partial charge on any atom is -0.342 e. The van der Waals surface area contributed by atoms with Crippen molar-refractivity contribution in [1.29, 1.82) is 0 Å². The second-order valence-corrected chi connectivity index (χ2v) is 9.36. The van der Waals surface area contributed by atoms with E-state index >= 15 is 0 Å². The van der Waals surface area contributed by atoms with E-state index in [0.29, 0.717) is 3.95 Å². The van der Waals surface area contributed by atoms with Crippen LogP contribution in [-0.4, -0.2) is 38.9 Å². The number of thioether (sulfide) groups is 1. The van der Waals surface area contributed by atoms with Crippen molar-refractivity contribution in [3.8, 4) is 5.69 Å². The zero-order valence-corrected chi connectivity index (χ0v) is 16.3. The Hall–Kier alpha value is -1.18. The molecule has 128 valence electrons. The molecule has 4 nitrogen and oxygen atoms in total. The van der Waals surface area contributed by atoms with Crippen molar-refractivity contribution in [2.45, 2.75) is 36.3 Å². The van der Waals surface area contributed by atoms with Gasteiger partial charge in [0.2, 0.25) is 5.91 Å². The molecule has 0 radical (unpaired) electrons. The van der Waals surface area contributed by atoms with E-state index in [1.54, 1.807) is 4.68 Å². The van der Waals surface area contributed by atoms with Gasteiger partial charge in [0.1, 0.15) is 0 Å². The van der Waals surface area contributed by atoms with Gasteiger partial charge in [-0.05, 0) is 50.0 Å². The molecule has 0 bridgehead atoms. The molecular formula is C17H21N3OS3. The lowest BCUT2D eigenvalue weighted by Gasteiger charge is -2.31. The largest absolute Gasteiger partial charge is 0.342 e. The number of para-hydroxylation sites is 1. The first-order valence-corrected chi connectivity index (χ1v) is 10.3. The smallest absolute Gasteiger partial charge is 0.235 e. The maximum Gasteiger partial charge on any atom is 0.235 e. The second kappa shape index (κ2) is 7.80. The number of rotatable bonds is 4. The Bertz CT molecular complexity index is 748. The maximum absolute atomic E-state index is 12.6. The van der Waals surface area contributed by atoms with Crippen LogP contribution < -0.4 is 0 Å². The summed E-state index contributed by atoms with van der Waals surface area (Å²) in [6.07, 6.45) is 2.20. The van der Waals surface area contributed by atoms with Crippen LogP contribution in [0.3, 0.4) is 0 Å². The number of hydrogen-bond donors (Lipinski definition) is 0. The maximum atomic E-state index is 12.6. The molecule has 1 aromatic carbocycles. The fourth-order valence-electron chi connectivity index (χ4n) is 2.73. The average molecular weight is 380 g/mol. The first-order valence-electron chi connectivity index (χ1n) is 8.15. The van der Waals surface area contributed by atoms with Crippen LogP contribution in [0.1, 0.15) is 26.7 Å². The van der Waals surface area contributed by atoms with Gasteiger partial charge < -0.3 is 4.90 Å². The summed E-state index contributed by atoms with van der Waals surface area (Å²) in [5, 5.41) is 4.45. The Morgan fingerprint density at radius 1 is 1.33 bits per heavy atom. The molecule has 7 heteroatoms. The van der Waals surface area contributed by atoms with Crippen molar-refractivity contribution in [1.82, 2.24) is 14.7 Å². The Kier molecular flexibility index (Phi) is 5.73. The summed E-state index contributed by atoms with van der Waals surface area (Å²) in [5.74, 6) is 0.933. The number of piperidine rings is 1. The summed E-state index contributed by atoms with van der Waals surface area (Å²) in [6.45, 7) is 5.96. The summed E-state index contributed by atoms with van der Waals surface area (Å²) in [5.41, 5.74) is 0.953. The highest BCUT2D eigenvalue weighted by Gasteiger charge is 2.26. The van der Waals surface area contributed by atoms with Crippen LogP contribution in [0.15, 0.2) is 34.7 Å². The monoisotopic (exact) mass is 379 g/mol. The van der Waals surface area contributed by atoms with E-state index in [9.17, 15) is 4.79 Å². The highest BCUT2D eigenvalue weighted by molar-refractivity contribution is 8.02. The number of carbonyl (C=O) groups is 1. The first-order chi connectivity index (χ1) is 11.5. The lowest BCUT2D eigenvalue weighted by Crippen LogP contribution is -2.41. The minimum absolute atomic E-state index is 0.136. The van der Waals surface area contributed by atoms with Gasteiger partial charge in [0.05, 0.1) is 10.9 Å². The van der Waals surface area contributed by atoms with Gasteiger partial charge in [-0.15, -0.1) is 5.10 Å². The van der Waals surface area contributed by atoms with E-state index in [-0.39, 0.29) is 11.2 Å². The molecule has 3 rings (SSSR count). The van der Waals surface area contributed by atoms with Crippen molar-refractivity contribution in [2.24, 2.45) is 5.92 Å². The van der Waals surface area contributed by atoms with Gasteiger partial charge >= 0.3 is 0 Å². The highest BCUT2D eigenvalue weighted by atomic mass is 32.2. The lowest BCUT2D eigenvalue weighted by molar-refractivity contribution is -0.131. The molecule has 2 aromatic rings. The number of nitrogens with zero attached hydrogens (tertiary/aromatic N) is 3. The molecule has 1 atom stereocenters. The Morgan fingerprint density at radius 2 is 2.00 bits per heavy atom. The summed E-state index contributed by atoms with van der Waals surface area (Å²) >= 11 is 8.39. The predicted octanol–water partition coefficient (Wildman–Crippen LogP) is 4.40. The van der Waals surface area contributed by atoms with E-state index in [1.165, 1.54) is 23.1 Å². The Balaban J connectivity index is 1.68. The minimum atomic E-state index is -0.136. The van der Waals surface area contributed by atoms with Crippen molar-refractivity contribution in [3.63, 3.8) is 0 Å². The molecule has 1 aliphatic heterocycles. The second-order valence-electron chi connectivity index (χ2n) is 6.15. The van der Waals surface area contributed by atoms with Crippen molar-refractivity contribution < 1.29 is 4.79 Å².